The summed E-state index contributed by atoms with van der Waals surface area (Å²) in [6.45, 7) is 1.83. The number of nitrogens with one attached hydrogen (secondary N) is 1. The molecule has 0 radical (unpaired) electrons. The van der Waals surface area contributed by atoms with Crippen LogP contribution in [-0.2, 0) is 9.53 Å². The third-order valence-corrected chi connectivity index (χ3v) is 2.73. The number of nitrogens with zero attached hydrogens (tertiary/aromatic N) is 2. The van der Waals surface area contributed by atoms with Crippen LogP contribution in [0.1, 0.15) is 17.3 Å². The number of rotatable bonds is 4. The van der Waals surface area contributed by atoms with Gasteiger partial charge in [-0.1, -0.05) is 30.3 Å². The molecule has 0 amide bonds. The predicted octanol–water partition coefficient (Wildman–Crippen LogP) is 2.11. The predicted molar refractivity (Wildman–Crippen MR) is 71.6 cm³/mol. The summed E-state index contributed by atoms with van der Waals surface area (Å²) < 4.78 is 4.83. The molecule has 1 N–H and O–H groups in total. The van der Waals surface area contributed by atoms with Crippen molar-refractivity contribution in [1.29, 1.82) is 0 Å². The Morgan fingerprint density at radius 3 is 2.53 bits per heavy atom. The minimum atomic E-state index is -0.596. The van der Waals surface area contributed by atoms with Crippen LogP contribution in [0.2, 0.25) is 0 Å². The van der Waals surface area contributed by atoms with E-state index in [1.807, 2.05) is 37.3 Å². The third kappa shape index (κ3) is 3.07. The van der Waals surface area contributed by atoms with Crippen molar-refractivity contribution >= 4 is 11.8 Å². The van der Waals surface area contributed by atoms with Crippen LogP contribution in [0.25, 0.3) is 0 Å². The second kappa shape index (κ2) is 5.95. The Bertz CT molecular complexity index is 558. The number of esters is 1. The molecule has 5 heteroatoms. The second-order valence-corrected chi connectivity index (χ2v) is 4.00. The summed E-state index contributed by atoms with van der Waals surface area (Å²) in [7, 11) is 1.36. The molecule has 0 spiro atoms. The Kier molecular flexibility index (Phi) is 4.07. The van der Waals surface area contributed by atoms with E-state index >= 15 is 0 Å². The number of hydrogen-bond donors (Lipinski definition) is 1. The molecular weight excluding hydrogens is 242 g/mol. The summed E-state index contributed by atoms with van der Waals surface area (Å²) in [5.41, 5.74) is 1.55. The minimum Gasteiger partial charge on any atom is -0.467 e. The number of anilines is 1. The van der Waals surface area contributed by atoms with Crippen molar-refractivity contribution < 1.29 is 9.53 Å². The van der Waals surface area contributed by atoms with Crippen molar-refractivity contribution in [3.63, 3.8) is 0 Å². The van der Waals surface area contributed by atoms with Crippen LogP contribution in [0.15, 0.2) is 42.7 Å². The molecule has 1 atom stereocenters. The lowest BCUT2D eigenvalue weighted by Gasteiger charge is -2.18. The third-order valence-electron chi connectivity index (χ3n) is 2.73. The molecule has 1 unspecified atom stereocenters. The highest BCUT2D eigenvalue weighted by atomic mass is 16.5. The van der Waals surface area contributed by atoms with Gasteiger partial charge < -0.3 is 10.1 Å². The summed E-state index contributed by atoms with van der Waals surface area (Å²) >= 11 is 0. The van der Waals surface area contributed by atoms with E-state index in [0.717, 1.165) is 11.3 Å². The molecule has 0 saturated heterocycles. The zero-order valence-corrected chi connectivity index (χ0v) is 10.8. The van der Waals surface area contributed by atoms with E-state index in [1.54, 1.807) is 12.4 Å². The lowest BCUT2D eigenvalue weighted by Crippen LogP contribution is -2.23. The number of hydrogen-bond acceptors (Lipinski definition) is 5. The van der Waals surface area contributed by atoms with Gasteiger partial charge in [0.2, 0.25) is 0 Å². The van der Waals surface area contributed by atoms with Gasteiger partial charge in [0, 0.05) is 12.4 Å². The van der Waals surface area contributed by atoms with E-state index < -0.39 is 6.04 Å². The van der Waals surface area contributed by atoms with E-state index in [-0.39, 0.29) is 5.97 Å². The molecule has 0 aliphatic heterocycles. The molecule has 1 aromatic carbocycles. The molecule has 0 fully saturated rings. The van der Waals surface area contributed by atoms with Crippen molar-refractivity contribution in [2.75, 3.05) is 12.4 Å². The number of benzene rings is 1. The molecule has 98 valence electrons. The number of aromatic nitrogens is 2. The summed E-state index contributed by atoms with van der Waals surface area (Å²) in [5.74, 6) is 0.206. The van der Waals surface area contributed by atoms with Gasteiger partial charge in [-0.15, -0.1) is 0 Å². The normalized spacial score (nSPS) is 11.7. The van der Waals surface area contributed by atoms with Crippen LogP contribution in [-0.4, -0.2) is 23.0 Å². The van der Waals surface area contributed by atoms with E-state index in [9.17, 15) is 4.79 Å². The zero-order valence-electron chi connectivity index (χ0n) is 10.8. The Balaban J connectivity index is 2.30. The van der Waals surface area contributed by atoms with Crippen molar-refractivity contribution in [2.24, 2.45) is 0 Å². The monoisotopic (exact) mass is 257 g/mol. The van der Waals surface area contributed by atoms with Gasteiger partial charge in [-0.3, -0.25) is 4.98 Å². The quantitative estimate of drug-likeness (QED) is 0.850. The van der Waals surface area contributed by atoms with Crippen LogP contribution in [0.5, 0.6) is 0 Å². The highest BCUT2D eigenvalue weighted by Gasteiger charge is 2.22. The molecule has 1 heterocycles. The fourth-order valence-corrected chi connectivity index (χ4v) is 1.73. The highest BCUT2D eigenvalue weighted by molar-refractivity contribution is 5.80. The summed E-state index contributed by atoms with van der Waals surface area (Å²) in [6.07, 6.45) is 3.19. The summed E-state index contributed by atoms with van der Waals surface area (Å²) in [5, 5.41) is 3.07. The van der Waals surface area contributed by atoms with Gasteiger partial charge in [0.25, 0.3) is 0 Å². The van der Waals surface area contributed by atoms with Gasteiger partial charge in [0.15, 0.2) is 6.04 Å². The molecular formula is C14H15N3O2. The average Bonchev–Trinajstić information content (AvgIpc) is 2.46. The van der Waals surface area contributed by atoms with Crippen molar-refractivity contribution in [3.05, 3.63) is 54.0 Å². The highest BCUT2D eigenvalue weighted by Crippen LogP contribution is 2.20. The molecule has 0 bridgehead atoms. The van der Waals surface area contributed by atoms with Crippen LogP contribution in [0, 0.1) is 6.92 Å². The zero-order chi connectivity index (χ0) is 13.7. The van der Waals surface area contributed by atoms with Gasteiger partial charge in [0.1, 0.15) is 5.82 Å². The lowest BCUT2D eigenvalue weighted by molar-refractivity contribution is -0.141. The minimum absolute atomic E-state index is 0.365. The Labute approximate surface area is 111 Å². The summed E-state index contributed by atoms with van der Waals surface area (Å²) in [4.78, 5) is 20.2. The molecule has 2 rings (SSSR count). The van der Waals surface area contributed by atoms with Crippen LogP contribution in [0.3, 0.4) is 0 Å². The first kappa shape index (κ1) is 13.0. The Morgan fingerprint density at radius 1 is 1.21 bits per heavy atom. The van der Waals surface area contributed by atoms with Gasteiger partial charge >= 0.3 is 5.97 Å². The number of aryl methyl sites for hydroxylation is 1. The standard InChI is InChI=1S/C14H15N3O2/c1-10-13(16-9-8-15-10)17-12(14(18)19-2)11-6-4-3-5-7-11/h3-9,12H,1-2H3,(H,16,17). The molecule has 5 nitrogen and oxygen atoms in total. The number of methoxy groups -OCH3 is 1. The van der Waals surface area contributed by atoms with E-state index in [4.69, 9.17) is 4.74 Å². The van der Waals surface area contributed by atoms with Gasteiger partial charge in [0.05, 0.1) is 12.8 Å². The molecule has 0 aliphatic carbocycles. The number of carbonyl (C=O) groups excluding carboxylic acids is 1. The maximum absolute atomic E-state index is 11.9. The molecule has 19 heavy (non-hydrogen) atoms. The molecule has 2 aromatic rings. The van der Waals surface area contributed by atoms with Crippen molar-refractivity contribution in [3.8, 4) is 0 Å². The first-order valence-electron chi connectivity index (χ1n) is 5.89. The fraction of sp³-hybridized carbons (Fsp3) is 0.214. The number of carbonyl (C=O) groups is 1. The average molecular weight is 257 g/mol. The van der Waals surface area contributed by atoms with E-state index in [1.165, 1.54) is 7.11 Å². The van der Waals surface area contributed by atoms with Crippen molar-refractivity contribution in [1.82, 2.24) is 9.97 Å². The second-order valence-electron chi connectivity index (χ2n) is 4.00. The summed E-state index contributed by atoms with van der Waals surface area (Å²) in [6, 6.07) is 8.76. The topological polar surface area (TPSA) is 64.1 Å². The van der Waals surface area contributed by atoms with Gasteiger partial charge in [-0.2, -0.15) is 0 Å². The van der Waals surface area contributed by atoms with Crippen molar-refractivity contribution in [2.45, 2.75) is 13.0 Å². The Hall–Kier alpha value is -2.43. The molecule has 0 saturated carbocycles. The van der Waals surface area contributed by atoms with Crippen LogP contribution < -0.4 is 5.32 Å². The molecule has 1 aromatic heterocycles. The maximum Gasteiger partial charge on any atom is 0.333 e. The first-order chi connectivity index (χ1) is 9.22. The van der Waals surface area contributed by atoms with E-state index in [0.29, 0.717) is 5.82 Å². The smallest absolute Gasteiger partial charge is 0.333 e. The largest absolute Gasteiger partial charge is 0.467 e. The van der Waals surface area contributed by atoms with Gasteiger partial charge in [-0.25, -0.2) is 9.78 Å². The first-order valence-corrected chi connectivity index (χ1v) is 5.89. The fourth-order valence-electron chi connectivity index (χ4n) is 1.73. The van der Waals surface area contributed by atoms with Gasteiger partial charge in [-0.05, 0) is 12.5 Å². The van der Waals surface area contributed by atoms with Crippen LogP contribution >= 0.6 is 0 Å². The Morgan fingerprint density at radius 2 is 1.89 bits per heavy atom. The maximum atomic E-state index is 11.9. The van der Waals surface area contributed by atoms with Crippen LogP contribution in [0.4, 0.5) is 5.82 Å². The lowest BCUT2D eigenvalue weighted by atomic mass is 10.1. The van der Waals surface area contributed by atoms with E-state index in [2.05, 4.69) is 15.3 Å². The molecule has 0 aliphatic rings. The number of ether oxygens (including phenoxy) is 1. The SMILES string of the molecule is COC(=O)C(Nc1nccnc1C)c1ccccc1.